The highest BCUT2D eigenvalue weighted by Gasteiger charge is 2.26. The van der Waals surface area contributed by atoms with Gasteiger partial charge in [-0.2, -0.15) is 0 Å². The van der Waals surface area contributed by atoms with Gasteiger partial charge in [0, 0.05) is 25.0 Å². The van der Waals surface area contributed by atoms with Crippen LogP contribution >= 0.6 is 0 Å². The number of phenolic OH excluding ortho intramolecular Hbond substituents is 2. The molecule has 0 saturated carbocycles. The number of aromatic hydroxyl groups is 2. The van der Waals surface area contributed by atoms with E-state index in [1.807, 2.05) is 18.2 Å². The van der Waals surface area contributed by atoms with Crippen LogP contribution in [-0.4, -0.2) is 34.1 Å². The van der Waals surface area contributed by atoms with Crippen molar-refractivity contribution in [3.05, 3.63) is 71.3 Å². The van der Waals surface area contributed by atoms with Crippen LogP contribution in [-0.2, 0) is 6.54 Å². The van der Waals surface area contributed by atoms with E-state index in [1.54, 1.807) is 23.1 Å². The van der Waals surface area contributed by atoms with Crippen LogP contribution in [0, 0.1) is 0 Å². The Morgan fingerprint density at radius 1 is 1.00 bits per heavy atom. The molecule has 1 aliphatic heterocycles. The monoisotopic (exact) mass is 376 g/mol. The summed E-state index contributed by atoms with van der Waals surface area (Å²) in [7, 11) is 0. The molecule has 0 aliphatic carbocycles. The molecule has 0 unspecified atom stereocenters. The maximum absolute atomic E-state index is 13.0. The number of hydrogen-bond acceptors (Lipinski definition) is 4. The third-order valence-corrected chi connectivity index (χ3v) is 5.64. The highest BCUT2D eigenvalue weighted by atomic mass is 16.3. The molecule has 4 rings (SSSR count). The van der Waals surface area contributed by atoms with E-state index in [4.69, 9.17) is 5.73 Å². The van der Waals surface area contributed by atoms with Crippen LogP contribution < -0.4 is 5.73 Å². The number of piperidine rings is 1. The molecule has 0 bridgehead atoms. The lowest BCUT2D eigenvalue weighted by atomic mass is 9.88. The molecule has 144 valence electrons. The fourth-order valence-electron chi connectivity index (χ4n) is 4.03. The number of benzene rings is 3. The molecule has 28 heavy (non-hydrogen) atoms. The lowest BCUT2D eigenvalue weighted by Crippen LogP contribution is -2.38. The van der Waals surface area contributed by atoms with Gasteiger partial charge in [-0.05, 0) is 53.5 Å². The summed E-state index contributed by atoms with van der Waals surface area (Å²) in [5, 5.41) is 21.6. The maximum Gasteiger partial charge on any atom is 0.257 e. The predicted molar refractivity (Wildman–Crippen MR) is 109 cm³/mol. The van der Waals surface area contributed by atoms with Gasteiger partial charge in [0.05, 0.1) is 5.56 Å². The van der Waals surface area contributed by atoms with E-state index in [9.17, 15) is 15.0 Å². The minimum atomic E-state index is -0.170. The predicted octanol–water partition coefficient (Wildman–Crippen LogP) is 3.73. The Morgan fingerprint density at radius 2 is 1.75 bits per heavy atom. The Labute approximate surface area is 164 Å². The van der Waals surface area contributed by atoms with E-state index in [0.29, 0.717) is 30.9 Å². The van der Waals surface area contributed by atoms with Gasteiger partial charge in [-0.3, -0.25) is 4.79 Å². The number of phenols is 2. The molecule has 4 N–H and O–H groups in total. The fourth-order valence-corrected chi connectivity index (χ4v) is 4.03. The highest BCUT2D eigenvalue weighted by Crippen LogP contribution is 2.33. The van der Waals surface area contributed by atoms with Crippen molar-refractivity contribution in [2.75, 3.05) is 13.1 Å². The summed E-state index contributed by atoms with van der Waals surface area (Å²) in [5.41, 5.74) is 8.43. The molecule has 3 aromatic carbocycles. The molecular formula is C23H24N2O3. The van der Waals surface area contributed by atoms with E-state index >= 15 is 0 Å². The third-order valence-electron chi connectivity index (χ3n) is 5.64. The minimum Gasteiger partial charge on any atom is -0.507 e. The van der Waals surface area contributed by atoms with Crippen LogP contribution in [0.1, 0.15) is 40.2 Å². The van der Waals surface area contributed by atoms with Crippen molar-refractivity contribution in [3.63, 3.8) is 0 Å². The van der Waals surface area contributed by atoms with Crippen molar-refractivity contribution in [2.45, 2.75) is 25.3 Å². The lowest BCUT2D eigenvalue weighted by Gasteiger charge is -2.32. The summed E-state index contributed by atoms with van der Waals surface area (Å²) in [4.78, 5) is 14.8. The van der Waals surface area contributed by atoms with Crippen LogP contribution in [0.25, 0.3) is 10.8 Å². The van der Waals surface area contributed by atoms with Crippen LogP contribution in [0.2, 0.25) is 0 Å². The lowest BCUT2D eigenvalue weighted by molar-refractivity contribution is 0.0710. The molecule has 0 spiro atoms. The highest BCUT2D eigenvalue weighted by molar-refractivity contribution is 6.02. The largest absolute Gasteiger partial charge is 0.507 e. The van der Waals surface area contributed by atoms with E-state index in [1.165, 1.54) is 11.6 Å². The van der Waals surface area contributed by atoms with Gasteiger partial charge in [0.25, 0.3) is 5.91 Å². The number of hydrogen-bond donors (Lipinski definition) is 3. The van der Waals surface area contributed by atoms with E-state index in [2.05, 4.69) is 12.1 Å². The number of amides is 1. The Balaban J connectivity index is 1.51. The molecule has 1 heterocycles. The summed E-state index contributed by atoms with van der Waals surface area (Å²) in [6.45, 7) is 1.82. The molecule has 5 heteroatoms. The third kappa shape index (κ3) is 3.41. The number of rotatable bonds is 3. The zero-order valence-electron chi connectivity index (χ0n) is 15.6. The standard InChI is InChI=1S/C23H24N2O3/c24-14-15-3-1-4-17(11-15)16-7-9-25(10-8-16)23(28)20-12-18-5-2-6-21(26)19(18)13-22(20)27/h1-6,11-13,16,26-27H,7-10,14,24H2. The van der Waals surface area contributed by atoms with Crippen LogP contribution in [0.4, 0.5) is 0 Å². The molecule has 1 saturated heterocycles. The van der Waals surface area contributed by atoms with Crippen molar-refractivity contribution in [1.82, 2.24) is 4.90 Å². The summed E-state index contributed by atoms with van der Waals surface area (Å²) >= 11 is 0. The molecular weight excluding hydrogens is 352 g/mol. The molecule has 0 aromatic heterocycles. The first kappa shape index (κ1) is 18.3. The normalized spacial score (nSPS) is 15.1. The van der Waals surface area contributed by atoms with Crippen molar-refractivity contribution in [1.29, 1.82) is 0 Å². The average molecular weight is 376 g/mol. The molecule has 1 amide bonds. The first-order valence-electron chi connectivity index (χ1n) is 9.59. The summed E-state index contributed by atoms with van der Waals surface area (Å²) in [6.07, 6.45) is 1.77. The first-order valence-corrected chi connectivity index (χ1v) is 9.59. The van der Waals surface area contributed by atoms with Crippen LogP contribution in [0.5, 0.6) is 11.5 Å². The van der Waals surface area contributed by atoms with Gasteiger partial charge in [-0.15, -0.1) is 0 Å². The molecule has 5 nitrogen and oxygen atoms in total. The Hall–Kier alpha value is -3.05. The van der Waals surface area contributed by atoms with Gasteiger partial charge < -0.3 is 20.8 Å². The van der Waals surface area contributed by atoms with Gasteiger partial charge in [0.1, 0.15) is 11.5 Å². The SMILES string of the molecule is NCc1cccc(C2CCN(C(=O)c3cc4cccc(O)c4cc3O)CC2)c1. The zero-order valence-corrected chi connectivity index (χ0v) is 15.6. The first-order chi connectivity index (χ1) is 13.6. The second-order valence-electron chi connectivity index (χ2n) is 7.38. The van der Waals surface area contributed by atoms with Gasteiger partial charge in [0.2, 0.25) is 0 Å². The van der Waals surface area contributed by atoms with Crippen LogP contribution in [0.15, 0.2) is 54.6 Å². The van der Waals surface area contributed by atoms with Crippen LogP contribution in [0.3, 0.4) is 0 Å². The van der Waals surface area contributed by atoms with E-state index in [0.717, 1.165) is 23.8 Å². The number of nitrogens with zero attached hydrogens (tertiary/aromatic N) is 1. The summed E-state index contributed by atoms with van der Waals surface area (Å²) < 4.78 is 0. The molecule has 1 fully saturated rings. The van der Waals surface area contributed by atoms with Gasteiger partial charge in [0.15, 0.2) is 0 Å². The number of carbonyl (C=O) groups excluding carboxylic acids is 1. The summed E-state index contributed by atoms with van der Waals surface area (Å²) in [5.74, 6) is 0.235. The Bertz CT molecular complexity index is 1020. The number of carbonyl (C=O) groups is 1. The number of likely N-dealkylation sites (tertiary alicyclic amines) is 1. The Morgan fingerprint density at radius 3 is 2.50 bits per heavy atom. The second kappa shape index (κ2) is 7.52. The smallest absolute Gasteiger partial charge is 0.257 e. The van der Waals surface area contributed by atoms with E-state index in [-0.39, 0.29) is 23.0 Å². The zero-order chi connectivity index (χ0) is 19.7. The topological polar surface area (TPSA) is 86.8 Å². The van der Waals surface area contributed by atoms with Gasteiger partial charge >= 0.3 is 0 Å². The Kier molecular flexibility index (Phi) is 4.92. The number of nitrogens with two attached hydrogens (primary N) is 1. The average Bonchev–Trinajstić information content (AvgIpc) is 2.74. The van der Waals surface area contributed by atoms with Crippen molar-refractivity contribution in [3.8, 4) is 11.5 Å². The van der Waals surface area contributed by atoms with Gasteiger partial charge in [-0.25, -0.2) is 0 Å². The number of fused-ring (bicyclic) bond motifs is 1. The van der Waals surface area contributed by atoms with E-state index < -0.39 is 0 Å². The van der Waals surface area contributed by atoms with Crippen molar-refractivity contribution >= 4 is 16.7 Å². The molecule has 0 radical (unpaired) electrons. The maximum atomic E-state index is 13.0. The molecule has 0 atom stereocenters. The summed E-state index contributed by atoms with van der Waals surface area (Å²) in [6, 6.07) is 16.6. The second-order valence-corrected chi connectivity index (χ2v) is 7.38. The molecule has 3 aromatic rings. The molecule has 1 aliphatic rings. The van der Waals surface area contributed by atoms with Crippen molar-refractivity contribution in [2.24, 2.45) is 5.73 Å². The quantitative estimate of drug-likeness (QED) is 0.650. The minimum absolute atomic E-state index is 0.0901. The fraction of sp³-hybridized carbons (Fsp3) is 0.261. The van der Waals surface area contributed by atoms with Gasteiger partial charge in [-0.1, -0.05) is 36.4 Å². The van der Waals surface area contributed by atoms with Crippen molar-refractivity contribution < 1.29 is 15.0 Å².